The maximum atomic E-state index is 2.43. The van der Waals surface area contributed by atoms with Crippen LogP contribution in [0.1, 0.15) is 25.0 Å². The molecule has 1 aliphatic rings. The number of benzene rings is 18. The molecule has 18 aromatic carbocycles. The van der Waals surface area contributed by atoms with Gasteiger partial charge in [-0.3, -0.25) is 0 Å². The van der Waals surface area contributed by atoms with Gasteiger partial charge in [0, 0.05) is 90.9 Å². The summed E-state index contributed by atoms with van der Waals surface area (Å²) in [6.07, 6.45) is 0. The Kier molecular flexibility index (Phi) is 17.7. The molecule has 0 radical (unpaired) electrons. The molecule has 113 heavy (non-hydrogen) atoms. The standard InChI is InChI=1S/C55H39NS.C54H37NS/c1-55(2)51-18-10-8-16-46(51)47-31-30-45(35-52(47)55)56(44-29-24-37-14-6-7-15-41(37)32-44)43-27-25-40(26-28-43)49-33-42(34-50-48-17-9-11-19-53(48)57-54(49)50)39-22-20-38(21-23-39)36-12-4-3-5-13-36;1-4-14-38(15-5-1)40-24-26-42(27-25-40)45-36-50(54-51(37-45)49-21-11-13-23-53(49)56-54)44-30-34-47(35-31-44)55(46-32-28-41(29-33-46)39-16-6-2-7-17-39)52-22-12-10-20-48(52)43-18-8-3-9-19-43/h3-35H,1-2H3;1-37H. The van der Waals surface area contributed by atoms with E-state index in [9.17, 15) is 0 Å². The van der Waals surface area contributed by atoms with Crippen molar-refractivity contribution >= 4 is 108 Å². The highest BCUT2D eigenvalue weighted by molar-refractivity contribution is 7.26. The molecule has 0 amide bonds. The average molecular weight is 1480 g/mol. The quantitative estimate of drug-likeness (QED) is 0.107. The van der Waals surface area contributed by atoms with Crippen LogP contribution in [0.3, 0.4) is 0 Å². The van der Waals surface area contributed by atoms with E-state index in [0.717, 1.165) is 34.1 Å². The molecule has 1 aliphatic carbocycles. The van der Waals surface area contributed by atoms with E-state index in [-0.39, 0.29) is 5.41 Å². The number of anilines is 6. The van der Waals surface area contributed by atoms with Crippen LogP contribution in [0.15, 0.2) is 425 Å². The monoisotopic (exact) mass is 1480 g/mol. The van der Waals surface area contributed by atoms with E-state index in [0.29, 0.717) is 0 Å². The smallest absolute Gasteiger partial charge is 0.0540 e. The highest BCUT2D eigenvalue weighted by atomic mass is 32.1. The summed E-state index contributed by atoms with van der Waals surface area (Å²) >= 11 is 3.77. The van der Waals surface area contributed by atoms with Gasteiger partial charge in [-0.05, 0) is 208 Å². The van der Waals surface area contributed by atoms with Crippen molar-refractivity contribution in [1.29, 1.82) is 0 Å². The van der Waals surface area contributed by atoms with Crippen molar-refractivity contribution in [3.8, 4) is 100 Å². The maximum absolute atomic E-state index is 2.43. The molecule has 0 saturated heterocycles. The number of nitrogens with zero attached hydrogens (tertiary/aromatic N) is 2. The van der Waals surface area contributed by atoms with Gasteiger partial charge in [0.25, 0.3) is 0 Å². The Balaban J connectivity index is 0.000000147. The summed E-state index contributed by atoms with van der Waals surface area (Å²) in [4.78, 5) is 4.82. The molecule has 2 nitrogen and oxygen atoms in total. The summed E-state index contributed by atoms with van der Waals surface area (Å²) in [6.45, 7) is 4.72. The van der Waals surface area contributed by atoms with Gasteiger partial charge in [-0.15, -0.1) is 22.7 Å². The lowest BCUT2D eigenvalue weighted by molar-refractivity contribution is 0.660. The zero-order valence-electron chi connectivity index (χ0n) is 62.6. The molecule has 2 heterocycles. The lowest BCUT2D eigenvalue weighted by Crippen LogP contribution is -2.16. The van der Waals surface area contributed by atoms with E-state index in [2.05, 4.69) is 448 Å². The second-order valence-electron chi connectivity index (χ2n) is 29.9. The molecule has 0 atom stereocenters. The number of fused-ring (bicyclic) bond motifs is 10. The lowest BCUT2D eigenvalue weighted by atomic mass is 9.82. The van der Waals surface area contributed by atoms with Gasteiger partial charge in [-0.25, -0.2) is 0 Å². The molecule has 0 N–H and O–H groups in total. The van der Waals surface area contributed by atoms with Crippen molar-refractivity contribution in [3.63, 3.8) is 0 Å². The minimum absolute atomic E-state index is 0.0939. The van der Waals surface area contributed by atoms with Gasteiger partial charge in [0.15, 0.2) is 0 Å². The van der Waals surface area contributed by atoms with Crippen LogP contribution in [0.2, 0.25) is 0 Å². The molecule has 0 unspecified atom stereocenters. The van der Waals surface area contributed by atoms with Crippen molar-refractivity contribution in [2.75, 3.05) is 9.80 Å². The van der Waals surface area contributed by atoms with E-state index in [1.54, 1.807) is 0 Å². The van der Waals surface area contributed by atoms with Crippen LogP contribution in [0.4, 0.5) is 34.1 Å². The van der Waals surface area contributed by atoms with Crippen LogP contribution >= 0.6 is 22.7 Å². The third-order valence-electron chi connectivity index (χ3n) is 22.8. The third-order valence-corrected chi connectivity index (χ3v) is 25.2. The Morgan fingerprint density at radius 2 is 0.531 bits per heavy atom. The number of hydrogen-bond donors (Lipinski definition) is 0. The van der Waals surface area contributed by atoms with Gasteiger partial charge in [0.1, 0.15) is 0 Å². The number of rotatable bonds is 14. The number of para-hydroxylation sites is 1. The Labute approximate surface area is 668 Å². The molecule has 0 fully saturated rings. The molecule has 0 saturated carbocycles. The molecule has 0 spiro atoms. The first-order valence-corrected chi connectivity index (χ1v) is 40.5. The summed E-state index contributed by atoms with van der Waals surface area (Å²) in [5, 5.41) is 7.68. The fraction of sp³-hybridized carbons (Fsp3) is 0.0275. The van der Waals surface area contributed by atoms with E-state index in [1.165, 1.54) is 162 Å². The predicted molar refractivity (Wildman–Crippen MR) is 487 cm³/mol. The molecule has 20 aromatic rings. The second kappa shape index (κ2) is 29.3. The molecular weight excluding hydrogens is 1400 g/mol. The fourth-order valence-electron chi connectivity index (χ4n) is 17.0. The van der Waals surface area contributed by atoms with Crippen molar-refractivity contribution in [2.45, 2.75) is 19.3 Å². The molecular formula is C109H76N2S2. The van der Waals surface area contributed by atoms with Gasteiger partial charge >= 0.3 is 0 Å². The van der Waals surface area contributed by atoms with Crippen LogP contribution in [0, 0.1) is 0 Å². The van der Waals surface area contributed by atoms with E-state index in [1.807, 2.05) is 22.7 Å². The first kappa shape index (κ1) is 68.5. The fourth-order valence-corrected chi connectivity index (χ4v) is 19.4. The Hall–Kier alpha value is -13.7. The first-order valence-electron chi connectivity index (χ1n) is 38.8. The van der Waals surface area contributed by atoms with Crippen LogP contribution in [0.5, 0.6) is 0 Å². The van der Waals surface area contributed by atoms with Gasteiger partial charge in [-0.1, -0.05) is 335 Å². The Bertz CT molecular complexity index is 6890. The lowest BCUT2D eigenvalue weighted by Gasteiger charge is -2.28. The van der Waals surface area contributed by atoms with Gasteiger partial charge < -0.3 is 9.80 Å². The molecule has 2 aromatic heterocycles. The Morgan fingerprint density at radius 1 is 0.195 bits per heavy atom. The number of thiophene rings is 2. The molecule has 534 valence electrons. The predicted octanol–water partition coefficient (Wildman–Crippen LogP) is 31.8. The van der Waals surface area contributed by atoms with Crippen molar-refractivity contribution in [1.82, 2.24) is 0 Å². The summed E-state index contributed by atoms with van der Waals surface area (Å²) in [5.74, 6) is 0. The van der Waals surface area contributed by atoms with Crippen LogP contribution in [-0.2, 0) is 5.41 Å². The first-order chi connectivity index (χ1) is 55.8. The van der Waals surface area contributed by atoms with Gasteiger partial charge in [0.2, 0.25) is 0 Å². The van der Waals surface area contributed by atoms with Crippen LogP contribution in [-0.4, -0.2) is 0 Å². The topological polar surface area (TPSA) is 6.48 Å². The highest BCUT2D eigenvalue weighted by Crippen LogP contribution is 2.53. The zero-order chi connectivity index (χ0) is 75.4. The molecule has 0 aliphatic heterocycles. The minimum atomic E-state index is -0.0939. The molecule has 0 bridgehead atoms. The number of hydrogen-bond acceptors (Lipinski definition) is 4. The van der Waals surface area contributed by atoms with Crippen molar-refractivity contribution in [2.24, 2.45) is 0 Å². The second-order valence-corrected chi connectivity index (χ2v) is 32.0. The minimum Gasteiger partial charge on any atom is -0.310 e. The summed E-state index contributed by atoms with van der Waals surface area (Å²) in [7, 11) is 0. The highest BCUT2D eigenvalue weighted by Gasteiger charge is 2.36. The largest absolute Gasteiger partial charge is 0.310 e. The van der Waals surface area contributed by atoms with E-state index in [4.69, 9.17) is 0 Å². The van der Waals surface area contributed by atoms with Crippen LogP contribution < -0.4 is 9.80 Å². The van der Waals surface area contributed by atoms with E-state index >= 15 is 0 Å². The average Bonchev–Trinajstić information content (AvgIpc) is 1.59. The SMILES string of the molecule is CC1(C)c2ccccc2-c2ccc(N(c3ccc(-c4cc(-c5ccc(-c6ccccc6)cc5)cc5c4sc4ccccc45)cc3)c3ccc4ccccc4c3)cc21.c1ccc(-c2ccc(-c3cc(-c4ccc(N(c5ccc(-c6ccccc6)cc5)c5ccccc5-c5ccccc5)cc4)c4sc5ccccc5c4c3)cc2)cc1. The Morgan fingerprint density at radius 3 is 1.04 bits per heavy atom. The molecule has 4 heteroatoms. The summed E-state index contributed by atoms with van der Waals surface area (Å²) < 4.78 is 5.25. The van der Waals surface area contributed by atoms with Crippen molar-refractivity contribution in [3.05, 3.63) is 436 Å². The van der Waals surface area contributed by atoms with Gasteiger partial charge in [-0.2, -0.15) is 0 Å². The normalized spacial score (nSPS) is 12.1. The van der Waals surface area contributed by atoms with Gasteiger partial charge in [0.05, 0.1) is 5.69 Å². The summed E-state index contributed by atoms with van der Waals surface area (Å²) in [5.41, 5.74) is 31.6. The molecule has 21 rings (SSSR count). The van der Waals surface area contributed by atoms with Crippen molar-refractivity contribution < 1.29 is 0 Å². The van der Waals surface area contributed by atoms with Crippen LogP contribution in [0.25, 0.3) is 151 Å². The van der Waals surface area contributed by atoms with E-state index < -0.39 is 0 Å². The zero-order valence-corrected chi connectivity index (χ0v) is 64.3. The third kappa shape index (κ3) is 12.9. The summed E-state index contributed by atoms with van der Waals surface area (Å²) in [6, 6.07) is 155. The maximum Gasteiger partial charge on any atom is 0.0540 e.